The predicted molar refractivity (Wildman–Crippen MR) is 164 cm³/mol. The van der Waals surface area contributed by atoms with E-state index in [1.807, 2.05) is 0 Å². The van der Waals surface area contributed by atoms with Crippen LogP contribution in [0.3, 0.4) is 0 Å². The number of nitrogens with zero attached hydrogens (tertiary/aromatic N) is 5. The first-order valence-electron chi connectivity index (χ1n) is 16.1. The van der Waals surface area contributed by atoms with Gasteiger partial charge in [-0.2, -0.15) is 9.97 Å². The van der Waals surface area contributed by atoms with Gasteiger partial charge in [0.25, 0.3) is 0 Å². The van der Waals surface area contributed by atoms with Gasteiger partial charge in [0.1, 0.15) is 41.7 Å². The Morgan fingerprint density at radius 2 is 2.09 bits per heavy atom. The molecular formula is C33H32F4N6O2. The van der Waals surface area contributed by atoms with Crippen molar-refractivity contribution in [2.45, 2.75) is 43.2 Å². The third-order valence-electron chi connectivity index (χ3n) is 9.62. The standard InChI is InChI=1S/C33H32F4N6O2/c1-2-20-24(35)5-4-17-10-19(38)11-21(25(17)20)28-27(37)29-22(13-39-28)31(43-8-9-44-15-23-26(36)30(23)43)41-32(40-29)45-16-33-6-3-7-42(33)14-18(34)12-33/h2,4-5,10-11,13,18,23,26,30H,1,3,6-9,12,14-16,38H2/t18-,23+,26+,30+,33+/m1/s1/i16D2. The summed E-state index contributed by atoms with van der Waals surface area (Å²) in [6, 6.07) is 4.85. The van der Waals surface area contributed by atoms with Crippen molar-refractivity contribution in [3.05, 3.63) is 54.2 Å². The van der Waals surface area contributed by atoms with Crippen LogP contribution in [0.15, 0.2) is 37.0 Å². The zero-order valence-electron chi connectivity index (χ0n) is 26.3. The fourth-order valence-electron chi connectivity index (χ4n) is 7.44. The monoisotopic (exact) mass is 622 g/mol. The summed E-state index contributed by atoms with van der Waals surface area (Å²) < 4.78 is 91.0. The number of nitrogen functional groups attached to an aromatic ring is 1. The highest BCUT2D eigenvalue weighted by molar-refractivity contribution is 6.04. The van der Waals surface area contributed by atoms with Crippen molar-refractivity contribution in [3.63, 3.8) is 0 Å². The molecule has 1 aliphatic carbocycles. The van der Waals surface area contributed by atoms with Gasteiger partial charge in [-0.15, -0.1) is 0 Å². The fraction of sp³-hybridized carbons (Fsp3) is 0.424. The van der Waals surface area contributed by atoms with Crippen molar-refractivity contribution in [1.29, 1.82) is 0 Å². The molecule has 0 bridgehead atoms. The summed E-state index contributed by atoms with van der Waals surface area (Å²) in [5, 5.41) is 1.03. The number of alkyl halides is 2. The molecule has 8 nitrogen and oxygen atoms in total. The molecule has 2 N–H and O–H groups in total. The number of rotatable bonds is 6. The molecule has 8 rings (SSSR count). The van der Waals surface area contributed by atoms with Crippen molar-refractivity contribution in [1.82, 2.24) is 19.9 Å². The SMILES string of the molecule is [2H]C([2H])(Oc1nc(N2CCOC[C@H]3[C@H](F)[C@H]32)c2cnc(-c3cc(N)cc4ccc(F)c(C=C)c34)c(F)c2n1)[C@@]12CCCN1C[C@H](F)C2. The van der Waals surface area contributed by atoms with Gasteiger partial charge in [0.15, 0.2) is 5.82 Å². The Labute approximate surface area is 259 Å². The summed E-state index contributed by atoms with van der Waals surface area (Å²) in [5.74, 6) is -1.77. The van der Waals surface area contributed by atoms with Gasteiger partial charge in [0, 0.05) is 53.8 Å². The number of hydrogen-bond acceptors (Lipinski definition) is 8. The normalized spacial score (nSPS) is 28.8. The molecule has 2 aromatic carbocycles. The molecule has 234 valence electrons. The van der Waals surface area contributed by atoms with E-state index in [0.717, 1.165) is 0 Å². The molecule has 4 aromatic rings. The van der Waals surface area contributed by atoms with Gasteiger partial charge in [0.05, 0.1) is 32.9 Å². The molecule has 45 heavy (non-hydrogen) atoms. The Balaban J connectivity index is 1.32. The predicted octanol–water partition coefficient (Wildman–Crippen LogP) is 5.48. The van der Waals surface area contributed by atoms with Crippen LogP contribution < -0.4 is 15.4 Å². The third-order valence-corrected chi connectivity index (χ3v) is 9.62. The minimum absolute atomic E-state index is 0.0652. The van der Waals surface area contributed by atoms with Gasteiger partial charge < -0.3 is 20.1 Å². The molecule has 5 heterocycles. The summed E-state index contributed by atoms with van der Waals surface area (Å²) in [4.78, 5) is 16.8. The third kappa shape index (κ3) is 4.52. The zero-order chi connectivity index (χ0) is 32.8. The largest absolute Gasteiger partial charge is 0.461 e. The molecule has 1 saturated carbocycles. The second-order valence-corrected chi connectivity index (χ2v) is 12.3. The number of pyridine rings is 1. The Hall–Kier alpha value is -4.03. The maximum Gasteiger partial charge on any atom is 0.319 e. The summed E-state index contributed by atoms with van der Waals surface area (Å²) in [6.07, 6.45) is 1.24. The number of hydrogen-bond donors (Lipinski definition) is 1. The molecule has 0 amide bonds. The number of fused-ring (bicyclic) bond motifs is 4. The average Bonchev–Trinajstić information content (AvgIpc) is 3.39. The quantitative estimate of drug-likeness (QED) is 0.224. The fourth-order valence-corrected chi connectivity index (χ4v) is 7.44. The molecule has 4 aliphatic rings. The molecule has 12 heteroatoms. The topological polar surface area (TPSA) is 89.6 Å². The summed E-state index contributed by atoms with van der Waals surface area (Å²) in [7, 11) is 0. The molecular weight excluding hydrogens is 588 g/mol. The minimum Gasteiger partial charge on any atom is -0.461 e. The number of ether oxygens (including phenoxy) is 2. The average molecular weight is 623 g/mol. The number of aromatic nitrogens is 3. The lowest BCUT2D eigenvalue weighted by molar-refractivity contribution is 0.107. The van der Waals surface area contributed by atoms with Gasteiger partial charge in [-0.25, -0.2) is 17.6 Å². The highest BCUT2D eigenvalue weighted by Crippen LogP contribution is 2.46. The lowest BCUT2D eigenvalue weighted by atomic mass is 9.95. The van der Waals surface area contributed by atoms with Crippen LogP contribution in [0.4, 0.5) is 29.1 Å². The minimum atomic E-state index is -2.45. The first-order valence-corrected chi connectivity index (χ1v) is 15.1. The van der Waals surface area contributed by atoms with E-state index in [2.05, 4.69) is 21.5 Å². The second kappa shape index (κ2) is 10.5. The van der Waals surface area contributed by atoms with Crippen LogP contribution in [0.5, 0.6) is 6.01 Å². The molecule has 2 aromatic heterocycles. The van der Waals surface area contributed by atoms with Crippen LogP contribution in [0.1, 0.15) is 27.6 Å². The molecule has 3 aliphatic heterocycles. The number of nitrogens with two attached hydrogens (primary N) is 1. The van der Waals surface area contributed by atoms with Gasteiger partial charge in [-0.05, 0) is 43.0 Å². The lowest BCUT2D eigenvalue weighted by Crippen LogP contribution is -2.43. The van der Waals surface area contributed by atoms with E-state index in [9.17, 15) is 13.2 Å². The maximum absolute atomic E-state index is 16.9. The van der Waals surface area contributed by atoms with Crippen molar-refractivity contribution in [2.24, 2.45) is 5.92 Å². The van der Waals surface area contributed by atoms with Crippen LogP contribution in [-0.2, 0) is 4.74 Å². The van der Waals surface area contributed by atoms with Crippen LogP contribution in [-0.4, -0.2) is 83.2 Å². The van der Waals surface area contributed by atoms with E-state index >= 15 is 4.39 Å². The van der Waals surface area contributed by atoms with E-state index in [1.165, 1.54) is 30.5 Å². The van der Waals surface area contributed by atoms with Gasteiger partial charge >= 0.3 is 6.01 Å². The number of halogens is 4. The van der Waals surface area contributed by atoms with E-state index in [-0.39, 0.29) is 72.0 Å². The molecule has 4 fully saturated rings. The van der Waals surface area contributed by atoms with E-state index in [0.29, 0.717) is 30.2 Å². The van der Waals surface area contributed by atoms with Crippen molar-refractivity contribution in [2.75, 3.05) is 50.0 Å². The van der Waals surface area contributed by atoms with Gasteiger partial charge in [-0.1, -0.05) is 18.7 Å². The van der Waals surface area contributed by atoms with Crippen LogP contribution in [0.2, 0.25) is 0 Å². The first kappa shape index (κ1) is 26.2. The first-order chi connectivity index (χ1) is 22.5. The summed E-state index contributed by atoms with van der Waals surface area (Å²) in [5.41, 5.74) is 5.11. The van der Waals surface area contributed by atoms with Crippen molar-refractivity contribution >= 4 is 39.3 Å². The van der Waals surface area contributed by atoms with Gasteiger partial charge in [-0.3, -0.25) is 9.88 Å². The van der Waals surface area contributed by atoms with Crippen LogP contribution in [0, 0.1) is 17.6 Å². The van der Waals surface area contributed by atoms with E-state index in [4.69, 9.17) is 17.9 Å². The van der Waals surface area contributed by atoms with Crippen LogP contribution >= 0.6 is 0 Å². The Morgan fingerprint density at radius 3 is 2.93 bits per heavy atom. The smallest absolute Gasteiger partial charge is 0.319 e. The number of anilines is 2. The Morgan fingerprint density at radius 1 is 1.22 bits per heavy atom. The molecule has 0 radical (unpaired) electrons. The second-order valence-electron chi connectivity index (χ2n) is 12.3. The maximum atomic E-state index is 16.9. The van der Waals surface area contributed by atoms with Crippen molar-refractivity contribution < 1.29 is 29.8 Å². The highest BCUT2D eigenvalue weighted by Gasteiger charge is 2.56. The van der Waals surface area contributed by atoms with E-state index < -0.39 is 54.0 Å². The lowest BCUT2D eigenvalue weighted by Gasteiger charge is -2.31. The Bertz CT molecular complexity index is 1950. The summed E-state index contributed by atoms with van der Waals surface area (Å²) in [6.45, 7) is 2.61. The molecule has 3 saturated heterocycles. The van der Waals surface area contributed by atoms with Crippen LogP contribution in [0.25, 0.3) is 39.0 Å². The highest BCUT2D eigenvalue weighted by atomic mass is 19.1. The summed E-state index contributed by atoms with van der Waals surface area (Å²) >= 11 is 0. The zero-order valence-corrected chi connectivity index (χ0v) is 24.3. The molecule has 5 atom stereocenters. The van der Waals surface area contributed by atoms with Gasteiger partial charge in [0.2, 0.25) is 0 Å². The molecule has 0 unspecified atom stereocenters. The van der Waals surface area contributed by atoms with Crippen molar-refractivity contribution in [3.8, 4) is 17.3 Å². The number of benzene rings is 2. The van der Waals surface area contributed by atoms with E-state index in [1.54, 1.807) is 15.9 Å². The molecule has 0 spiro atoms. The Kier molecular flexibility index (Phi) is 6.13.